The normalized spacial score (nSPS) is 14.5. The Kier molecular flexibility index (Phi) is 7.27. The van der Waals surface area contributed by atoms with E-state index in [2.05, 4.69) is 20.2 Å². The van der Waals surface area contributed by atoms with E-state index in [0.717, 1.165) is 12.8 Å². The van der Waals surface area contributed by atoms with Crippen LogP contribution >= 0.6 is 0 Å². The van der Waals surface area contributed by atoms with E-state index in [1.165, 1.54) is 6.20 Å². The lowest BCUT2D eigenvalue weighted by Crippen LogP contribution is -2.45. The average molecular weight is 502 g/mol. The van der Waals surface area contributed by atoms with Gasteiger partial charge in [0, 0.05) is 38.2 Å². The summed E-state index contributed by atoms with van der Waals surface area (Å²) in [6, 6.07) is 11.5. The van der Waals surface area contributed by atoms with Gasteiger partial charge in [-0.1, -0.05) is 25.1 Å². The molecule has 2 aromatic heterocycles. The van der Waals surface area contributed by atoms with Gasteiger partial charge in [-0.05, 0) is 37.1 Å². The van der Waals surface area contributed by atoms with E-state index in [0.29, 0.717) is 30.9 Å². The maximum atomic E-state index is 13.5. The molecule has 1 aromatic carbocycles. The fourth-order valence-corrected chi connectivity index (χ4v) is 4.14. The number of alkyl halides is 3. The Labute approximate surface area is 206 Å². The molecule has 1 N–H and O–H groups in total. The quantitative estimate of drug-likeness (QED) is 0.520. The molecule has 1 aliphatic heterocycles. The summed E-state index contributed by atoms with van der Waals surface area (Å²) in [6.07, 6.45) is -1.43. The van der Waals surface area contributed by atoms with E-state index in [1.807, 2.05) is 14.0 Å². The fraction of sp³-hybridized carbons (Fsp3) is 0.360. The highest BCUT2D eigenvalue weighted by Crippen LogP contribution is 2.35. The van der Waals surface area contributed by atoms with Crippen molar-refractivity contribution >= 4 is 23.3 Å². The van der Waals surface area contributed by atoms with Gasteiger partial charge in [0.2, 0.25) is 17.6 Å². The van der Waals surface area contributed by atoms with Gasteiger partial charge in [-0.25, -0.2) is 9.97 Å². The third-order valence-corrected chi connectivity index (χ3v) is 6.16. The molecule has 2 amide bonds. The Morgan fingerprint density at radius 2 is 1.83 bits per heavy atom. The van der Waals surface area contributed by atoms with Crippen molar-refractivity contribution in [3.8, 4) is 11.5 Å². The number of halogens is 3. The van der Waals surface area contributed by atoms with E-state index in [1.54, 1.807) is 47.4 Å². The molecule has 11 heteroatoms. The van der Waals surface area contributed by atoms with E-state index < -0.39 is 23.5 Å². The first-order valence-corrected chi connectivity index (χ1v) is 11.6. The third kappa shape index (κ3) is 5.50. The lowest BCUT2D eigenvalue weighted by Gasteiger charge is -2.37. The number of anilines is 2. The maximum Gasteiger partial charge on any atom is 0.452 e. The molecule has 3 heterocycles. The highest BCUT2D eigenvalue weighted by Gasteiger charge is 2.42. The molecule has 1 saturated heterocycles. The van der Waals surface area contributed by atoms with Crippen LogP contribution in [-0.2, 0) is 11.0 Å². The van der Waals surface area contributed by atoms with Gasteiger partial charge in [0.1, 0.15) is 5.82 Å². The molecule has 36 heavy (non-hydrogen) atoms. The van der Waals surface area contributed by atoms with E-state index in [9.17, 15) is 22.8 Å². The first kappa shape index (κ1) is 25.2. The second-order valence-electron chi connectivity index (χ2n) is 8.50. The molecule has 190 valence electrons. The largest absolute Gasteiger partial charge is 0.452 e. The van der Waals surface area contributed by atoms with Gasteiger partial charge in [-0.3, -0.25) is 9.59 Å². The van der Waals surface area contributed by atoms with Gasteiger partial charge in [0.05, 0.1) is 11.9 Å². The highest BCUT2D eigenvalue weighted by atomic mass is 19.4. The zero-order valence-corrected chi connectivity index (χ0v) is 19.9. The van der Waals surface area contributed by atoms with Crippen LogP contribution < -0.4 is 10.2 Å². The summed E-state index contributed by atoms with van der Waals surface area (Å²) in [5.74, 6) is -2.01. The van der Waals surface area contributed by atoms with Crippen molar-refractivity contribution in [3.63, 3.8) is 0 Å². The molecule has 0 radical (unpaired) electrons. The number of pyridine rings is 1. The molecule has 4 rings (SSSR count). The van der Waals surface area contributed by atoms with Crippen LogP contribution in [0.15, 0.2) is 53.1 Å². The summed E-state index contributed by atoms with van der Waals surface area (Å²) in [5, 5.41) is 2.42. The number of aromatic nitrogens is 2. The molecular weight excluding hydrogens is 475 g/mol. The second-order valence-corrected chi connectivity index (χ2v) is 8.50. The van der Waals surface area contributed by atoms with Gasteiger partial charge in [-0.2, -0.15) is 13.2 Å². The van der Waals surface area contributed by atoms with Crippen LogP contribution in [0.25, 0.3) is 11.5 Å². The number of carbonyl (C=O) groups is 2. The number of hydrogen-bond donors (Lipinski definition) is 1. The molecule has 1 aliphatic rings. The molecule has 1 fully saturated rings. The van der Waals surface area contributed by atoms with Gasteiger partial charge < -0.3 is 19.5 Å². The summed E-state index contributed by atoms with van der Waals surface area (Å²) in [4.78, 5) is 36.7. The monoisotopic (exact) mass is 501 g/mol. The van der Waals surface area contributed by atoms with E-state index in [4.69, 9.17) is 4.42 Å². The van der Waals surface area contributed by atoms with Crippen molar-refractivity contribution in [2.75, 3.05) is 30.4 Å². The Morgan fingerprint density at radius 3 is 2.42 bits per heavy atom. The molecule has 0 spiro atoms. The lowest BCUT2D eigenvalue weighted by molar-refractivity contribution is -0.153. The van der Waals surface area contributed by atoms with Crippen molar-refractivity contribution in [2.24, 2.45) is 0 Å². The lowest BCUT2D eigenvalue weighted by atomic mass is 10.0. The molecule has 0 unspecified atom stereocenters. The summed E-state index contributed by atoms with van der Waals surface area (Å²) in [5.41, 5.74) is -0.301. The number of amides is 2. The van der Waals surface area contributed by atoms with Crippen molar-refractivity contribution < 1.29 is 27.2 Å². The minimum Gasteiger partial charge on any atom is -0.431 e. The number of piperidine rings is 1. The SMILES string of the molecule is CCC(=O)N(C)C1CCN(c2ccc(NC(=O)c3nc(-c4ccccc4)oc3C(F)(F)F)cn2)CC1. The maximum absolute atomic E-state index is 13.5. The highest BCUT2D eigenvalue weighted by molar-refractivity contribution is 6.04. The third-order valence-electron chi connectivity index (χ3n) is 6.16. The molecule has 3 aromatic rings. The number of hydrogen-bond acceptors (Lipinski definition) is 6. The minimum absolute atomic E-state index is 0.114. The van der Waals surface area contributed by atoms with Crippen molar-refractivity contribution in [3.05, 3.63) is 60.1 Å². The molecule has 0 atom stereocenters. The van der Waals surface area contributed by atoms with Crippen LogP contribution in [0.2, 0.25) is 0 Å². The van der Waals surface area contributed by atoms with Crippen LogP contribution in [0, 0.1) is 0 Å². The van der Waals surface area contributed by atoms with Gasteiger partial charge in [0.25, 0.3) is 5.91 Å². The number of carbonyl (C=O) groups excluding carboxylic acids is 2. The van der Waals surface area contributed by atoms with E-state index in [-0.39, 0.29) is 23.5 Å². The van der Waals surface area contributed by atoms with Crippen molar-refractivity contribution in [2.45, 2.75) is 38.4 Å². The zero-order chi connectivity index (χ0) is 25.9. The average Bonchev–Trinajstić information content (AvgIpc) is 3.36. The van der Waals surface area contributed by atoms with Crippen LogP contribution in [0.1, 0.15) is 42.4 Å². The summed E-state index contributed by atoms with van der Waals surface area (Å²) >= 11 is 0. The molecule has 8 nitrogen and oxygen atoms in total. The van der Waals surface area contributed by atoms with Crippen molar-refractivity contribution in [1.29, 1.82) is 0 Å². The van der Waals surface area contributed by atoms with Crippen LogP contribution in [0.5, 0.6) is 0 Å². The fourth-order valence-electron chi connectivity index (χ4n) is 4.14. The Balaban J connectivity index is 1.44. The minimum atomic E-state index is -4.89. The standard InChI is InChI=1S/C25H26F3N5O3/c1-3-20(34)32(2)18-11-13-33(14-12-18)19-10-9-17(15-29-19)30-23(35)21-22(25(26,27)28)36-24(31-21)16-7-5-4-6-8-16/h4-10,15,18H,3,11-14H2,1-2H3,(H,30,35). The van der Waals surface area contributed by atoms with Crippen LogP contribution in [0.3, 0.4) is 0 Å². The smallest absolute Gasteiger partial charge is 0.431 e. The van der Waals surface area contributed by atoms with E-state index >= 15 is 0 Å². The van der Waals surface area contributed by atoms with Gasteiger partial charge in [-0.15, -0.1) is 0 Å². The van der Waals surface area contributed by atoms with Crippen LogP contribution in [0.4, 0.5) is 24.7 Å². The van der Waals surface area contributed by atoms with Crippen LogP contribution in [-0.4, -0.2) is 52.9 Å². The first-order valence-electron chi connectivity index (χ1n) is 11.6. The molecule has 0 bridgehead atoms. The Bertz CT molecular complexity index is 1200. The number of rotatable bonds is 6. The summed E-state index contributed by atoms with van der Waals surface area (Å²) in [7, 11) is 1.82. The number of nitrogens with zero attached hydrogens (tertiary/aromatic N) is 4. The topological polar surface area (TPSA) is 91.6 Å². The summed E-state index contributed by atoms with van der Waals surface area (Å²) < 4.78 is 45.5. The molecular formula is C25H26F3N5O3. The first-order chi connectivity index (χ1) is 17.2. The Hall–Kier alpha value is -3.89. The van der Waals surface area contributed by atoms with Gasteiger partial charge >= 0.3 is 6.18 Å². The summed E-state index contributed by atoms with van der Waals surface area (Å²) in [6.45, 7) is 3.26. The van der Waals surface area contributed by atoms with Gasteiger partial charge in [0.15, 0.2) is 5.69 Å². The zero-order valence-electron chi connectivity index (χ0n) is 19.9. The predicted molar refractivity (Wildman–Crippen MR) is 127 cm³/mol. The second kappa shape index (κ2) is 10.4. The number of benzene rings is 1. The molecule has 0 aliphatic carbocycles. The number of nitrogens with one attached hydrogen (secondary N) is 1. The number of oxazole rings is 1. The Morgan fingerprint density at radius 1 is 1.14 bits per heavy atom. The predicted octanol–water partition coefficient (Wildman–Crippen LogP) is 4.84. The molecule has 0 saturated carbocycles. The van der Waals surface area contributed by atoms with Crippen molar-refractivity contribution in [1.82, 2.24) is 14.9 Å².